The number of hydrogen-bond donors (Lipinski definition) is 0. The van der Waals surface area contributed by atoms with Crippen LogP contribution in [0.5, 0.6) is 0 Å². The van der Waals surface area contributed by atoms with Crippen LogP contribution in [-0.2, 0) is 4.08 Å². The van der Waals surface area contributed by atoms with Gasteiger partial charge >= 0.3 is 0 Å². The normalized spacial score (nSPS) is 27.2. The van der Waals surface area contributed by atoms with Crippen molar-refractivity contribution in [3.63, 3.8) is 0 Å². The summed E-state index contributed by atoms with van der Waals surface area (Å²) < 4.78 is -0.483. The van der Waals surface area contributed by atoms with E-state index in [-0.39, 0.29) is 0 Å². The molecule has 1 aliphatic rings. The molecule has 0 amide bonds. The Bertz CT molecular complexity index is 469. The molecule has 0 radical (unpaired) electrons. The number of nitriles is 1. The predicted molar refractivity (Wildman–Crippen MR) is 85.8 cm³/mol. The van der Waals surface area contributed by atoms with Crippen LogP contribution in [0, 0.1) is 11.3 Å². The molecule has 1 aliphatic heterocycles. The lowest BCUT2D eigenvalue weighted by Crippen LogP contribution is -2.32. The molecule has 1 aromatic carbocycles. The Kier molecular flexibility index (Phi) is 5.08. The molecule has 5 heteroatoms. The topological polar surface area (TPSA) is 27.0 Å². The van der Waals surface area contributed by atoms with E-state index < -0.39 is 4.08 Å². The minimum atomic E-state index is -0.483. The van der Waals surface area contributed by atoms with E-state index >= 15 is 0 Å². The number of nitrogens with zero attached hydrogens (tertiary/aromatic N) is 2. The number of rotatable bonds is 3. The first-order chi connectivity index (χ1) is 9.05. The molecule has 0 aliphatic carbocycles. The molecule has 1 unspecified atom stereocenters. The first kappa shape index (κ1) is 15.1. The molecule has 1 saturated heterocycles. The van der Waals surface area contributed by atoms with Gasteiger partial charge in [-0.1, -0.05) is 23.7 Å². The van der Waals surface area contributed by atoms with Gasteiger partial charge in [0.1, 0.15) is 0 Å². The fourth-order valence-corrected chi connectivity index (χ4v) is 5.81. The zero-order valence-corrected chi connectivity index (χ0v) is 13.5. The Labute approximate surface area is 128 Å². The molecule has 0 spiro atoms. The lowest BCUT2D eigenvalue weighted by molar-refractivity contribution is 0.403. The number of hydrogen-bond acceptors (Lipinski definition) is 4. The Balaban J connectivity index is 2.22. The minimum Gasteiger partial charge on any atom is -0.308 e. The number of benzene rings is 1. The molecule has 0 N–H and O–H groups in total. The van der Waals surface area contributed by atoms with Gasteiger partial charge in [0.25, 0.3) is 0 Å². The molecule has 2 rings (SSSR count). The molecular formula is C14H17ClN2S2. The first-order valence-electron chi connectivity index (χ1n) is 6.19. The highest BCUT2D eigenvalue weighted by Crippen LogP contribution is 2.52. The molecule has 1 fully saturated rings. The zero-order valence-electron chi connectivity index (χ0n) is 11.1. The largest absolute Gasteiger partial charge is 0.308 e. The van der Waals surface area contributed by atoms with E-state index in [1.807, 2.05) is 24.3 Å². The van der Waals surface area contributed by atoms with Gasteiger partial charge in [0.2, 0.25) is 0 Å². The average Bonchev–Trinajstić information content (AvgIpc) is 2.39. The van der Waals surface area contributed by atoms with Crippen molar-refractivity contribution in [3.05, 3.63) is 34.9 Å². The van der Waals surface area contributed by atoms with Gasteiger partial charge in [-0.25, -0.2) is 0 Å². The highest BCUT2D eigenvalue weighted by molar-refractivity contribution is 8.18. The predicted octanol–water partition coefficient (Wildman–Crippen LogP) is 3.82. The summed E-state index contributed by atoms with van der Waals surface area (Å²) in [5, 5.41) is 10.9. The molecule has 2 nitrogen and oxygen atoms in total. The Hall–Kier alpha value is -0.340. The van der Waals surface area contributed by atoms with Crippen molar-refractivity contribution in [2.45, 2.75) is 15.7 Å². The first-order valence-corrected chi connectivity index (χ1v) is 8.44. The van der Waals surface area contributed by atoms with Crippen LogP contribution >= 0.6 is 35.1 Å². The van der Waals surface area contributed by atoms with Gasteiger partial charge < -0.3 is 4.90 Å². The third kappa shape index (κ3) is 3.61. The van der Waals surface area contributed by atoms with Crippen molar-refractivity contribution in [1.29, 1.82) is 5.26 Å². The second-order valence-electron chi connectivity index (χ2n) is 4.87. The van der Waals surface area contributed by atoms with E-state index in [9.17, 15) is 5.26 Å². The van der Waals surface area contributed by atoms with Crippen LogP contribution in [0.2, 0.25) is 5.02 Å². The van der Waals surface area contributed by atoms with Gasteiger partial charge in [-0.05, 0) is 44.0 Å². The van der Waals surface area contributed by atoms with E-state index in [2.05, 4.69) is 25.1 Å². The van der Waals surface area contributed by atoms with Crippen molar-refractivity contribution in [2.75, 3.05) is 26.4 Å². The molecule has 0 aromatic heterocycles. The summed E-state index contributed by atoms with van der Waals surface area (Å²) in [6.45, 7) is 1.02. The molecule has 0 saturated carbocycles. The molecule has 1 aromatic rings. The Morgan fingerprint density at radius 1 is 1.42 bits per heavy atom. The second kappa shape index (κ2) is 6.41. The maximum Gasteiger partial charge on any atom is 0.173 e. The summed E-state index contributed by atoms with van der Waals surface area (Å²) in [5.41, 5.74) is 1.05. The standard InChI is InChI=1S/C14H17ClN2S2/c1-17(2)9-13-7-8-18-14(10-16,19-13)11-3-5-12(15)6-4-11/h3-6,13H,7-9H2,1-2H3/t13-,14?/m0/s1. The van der Waals surface area contributed by atoms with Crippen LogP contribution in [0.3, 0.4) is 0 Å². The van der Waals surface area contributed by atoms with Gasteiger partial charge in [0, 0.05) is 16.8 Å². The highest BCUT2D eigenvalue weighted by atomic mass is 35.5. The second-order valence-corrected chi connectivity index (χ2v) is 8.39. The molecule has 0 bridgehead atoms. The average molecular weight is 313 g/mol. The summed E-state index contributed by atoms with van der Waals surface area (Å²) in [7, 11) is 4.16. The van der Waals surface area contributed by atoms with Crippen LogP contribution in [0.15, 0.2) is 24.3 Å². The lowest BCUT2D eigenvalue weighted by atomic mass is 10.1. The Morgan fingerprint density at radius 3 is 2.68 bits per heavy atom. The smallest absolute Gasteiger partial charge is 0.173 e. The molecule has 1 heterocycles. The fraction of sp³-hybridized carbons (Fsp3) is 0.500. The van der Waals surface area contributed by atoms with Crippen LogP contribution in [-0.4, -0.2) is 36.5 Å². The van der Waals surface area contributed by atoms with Gasteiger partial charge in [0.05, 0.1) is 6.07 Å². The van der Waals surface area contributed by atoms with Crippen molar-refractivity contribution >= 4 is 35.1 Å². The molecule has 102 valence electrons. The van der Waals surface area contributed by atoms with Crippen molar-refractivity contribution in [1.82, 2.24) is 4.90 Å². The van der Waals surface area contributed by atoms with Crippen molar-refractivity contribution in [2.24, 2.45) is 0 Å². The van der Waals surface area contributed by atoms with Crippen LogP contribution in [0.1, 0.15) is 12.0 Å². The highest BCUT2D eigenvalue weighted by Gasteiger charge is 2.40. The fourth-order valence-electron chi connectivity index (χ4n) is 2.14. The lowest BCUT2D eigenvalue weighted by Gasteiger charge is -2.36. The Morgan fingerprint density at radius 2 is 2.11 bits per heavy atom. The SMILES string of the molecule is CN(C)C[C@@H]1CCSC(C#N)(c2ccc(Cl)cc2)S1. The minimum absolute atomic E-state index is 0.483. The van der Waals surface area contributed by atoms with Gasteiger partial charge in [-0.3, -0.25) is 0 Å². The van der Waals surface area contributed by atoms with Crippen molar-refractivity contribution in [3.8, 4) is 6.07 Å². The van der Waals surface area contributed by atoms with E-state index in [1.54, 1.807) is 23.5 Å². The summed E-state index contributed by atoms with van der Waals surface area (Å²) in [6, 6.07) is 10.2. The van der Waals surface area contributed by atoms with E-state index in [1.165, 1.54) is 0 Å². The van der Waals surface area contributed by atoms with Crippen molar-refractivity contribution < 1.29 is 0 Å². The molecule has 2 atom stereocenters. The van der Waals surface area contributed by atoms with Crippen LogP contribution in [0.4, 0.5) is 0 Å². The summed E-state index contributed by atoms with van der Waals surface area (Å²) in [4.78, 5) is 2.19. The van der Waals surface area contributed by atoms with Gasteiger partial charge in [0.15, 0.2) is 4.08 Å². The third-order valence-electron chi connectivity index (χ3n) is 3.02. The number of thioether (sulfide) groups is 2. The summed E-state index contributed by atoms with van der Waals surface area (Å²) >= 11 is 9.46. The zero-order chi connectivity index (χ0) is 13.9. The third-order valence-corrected chi connectivity index (χ3v) is 6.46. The van der Waals surface area contributed by atoms with Gasteiger partial charge in [-0.2, -0.15) is 5.26 Å². The molecule has 19 heavy (non-hydrogen) atoms. The van der Waals surface area contributed by atoms with Crippen LogP contribution in [0.25, 0.3) is 0 Å². The number of halogens is 1. The summed E-state index contributed by atoms with van der Waals surface area (Å²) in [6.07, 6.45) is 1.16. The van der Waals surface area contributed by atoms with Crippen LogP contribution < -0.4 is 0 Å². The monoisotopic (exact) mass is 312 g/mol. The maximum atomic E-state index is 9.68. The van der Waals surface area contributed by atoms with E-state index in [4.69, 9.17) is 11.6 Å². The summed E-state index contributed by atoms with van der Waals surface area (Å²) in [5.74, 6) is 1.03. The molecular weight excluding hydrogens is 296 g/mol. The quantitative estimate of drug-likeness (QED) is 0.848. The maximum absolute atomic E-state index is 9.68. The van der Waals surface area contributed by atoms with E-state index in [0.29, 0.717) is 10.3 Å². The van der Waals surface area contributed by atoms with E-state index in [0.717, 1.165) is 24.3 Å². The van der Waals surface area contributed by atoms with Gasteiger partial charge in [-0.15, -0.1) is 23.5 Å².